The van der Waals surface area contributed by atoms with Gasteiger partial charge in [0.25, 0.3) is 0 Å². The zero-order valence-electron chi connectivity index (χ0n) is 10.8. The van der Waals surface area contributed by atoms with Gasteiger partial charge in [0.15, 0.2) is 0 Å². The molecule has 2 rings (SSSR count). The molecule has 1 fully saturated rings. The van der Waals surface area contributed by atoms with Gasteiger partial charge >= 0.3 is 0 Å². The van der Waals surface area contributed by atoms with E-state index in [9.17, 15) is 8.42 Å². The van der Waals surface area contributed by atoms with Crippen LogP contribution in [0, 0.1) is 6.92 Å². The van der Waals surface area contributed by atoms with E-state index in [0.717, 1.165) is 10.0 Å². The second-order valence-electron chi connectivity index (χ2n) is 4.54. The molecule has 1 aliphatic rings. The van der Waals surface area contributed by atoms with Gasteiger partial charge in [0.2, 0.25) is 10.0 Å². The predicted molar refractivity (Wildman–Crippen MR) is 88.9 cm³/mol. The van der Waals surface area contributed by atoms with Gasteiger partial charge in [-0.05, 0) is 40.5 Å². The lowest BCUT2D eigenvalue weighted by Crippen LogP contribution is -2.46. The number of hydrogen-bond donors (Lipinski definition) is 0. The van der Waals surface area contributed by atoms with E-state index in [0.29, 0.717) is 29.5 Å². The van der Waals surface area contributed by atoms with Crippen LogP contribution in [0.5, 0.6) is 0 Å². The monoisotopic (exact) mass is 489 g/mol. The Kier molecular flexibility index (Phi) is 5.70. The molecule has 20 heavy (non-hydrogen) atoms. The molecular weight excluding hydrogens is 478 g/mol. The van der Waals surface area contributed by atoms with Crippen molar-refractivity contribution in [1.82, 2.24) is 4.31 Å². The summed E-state index contributed by atoms with van der Waals surface area (Å²) in [4.78, 5) is 0.283. The summed E-state index contributed by atoms with van der Waals surface area (Å²) in [7, 11) is -3.52. The van der Waals surface area contributed by atoms with Crippen molar-refractivity contribution >= 4 is 57.8 Å². The molecule has 0 radical (unpaired) electrons. The molecule has 4 nitrogen and oxygen atoms in total. The normalized spacial score (nSPS) is 21.1. The van der Waals surface area contributed by atoms with E-state index in [1.165, 1.54) is 4.31 Å². The third-order valence-electron chi connectivity index (χ3n) is 3.10. The Bertz CT molecular complexity index is 606. The quantitative estimate of drug-likeness (QED) is 0.609. The van der Waals surface area contributed by atoms with Crippen LogP contribution in [0.2, 0.25) is 0 Å². The lowest BCUT2D eigenvalue weighted by Gasteiger charge is -2.31. The molecular formula is C12H14Br3NO3S. The number of ether oxygens (including phenoxy) is 1. The minimum atomic E-state index is -3.52. The second kappa shape index (κ2) is 6.75. The molecule has 0 aromatic heterocycles. The molecule has 1 saturated heterocycles. The predicted octanol–water partition coefficient (Wildman–Crippen LogP) is 3.30. The van der Waals surface area contributed by atoms with E-state index in [2.05, 4.69) is 47.8 Å². The lowest BCUT2D eigenvalue weighted by atomic mass is 10.2. The maximum Gasteiger partial charge on any atom is 0.244 e. The van der Waals surface area contributed by atoms with Crippen molar-refractivity contribution in [3.8, 4) is 0 Å². The molecule has 1 heterocycles. The first kappa shape index (κ1) is 16.9. The fourth-order valence-electron chi connectivity index (χ4n) is 1.97. The zero-order valence-corrected chi connectivity index (χ0v) is 16.3. The summed E-state index contributed by atoms with van der Waals surface area (Å²) in [5.41, 5.74) is 0.983. The molecule has 8 heteroatoms. The van der Waals surface area contributed by atoms with Crippen LogP contribution in [-0.4, -0.2) is 43.9 Å². The van der Waals surface area contributed by atoms with Gasteiger partial charge in [-0.2, -0.15) is 4.31 Å². The number of morpholine rings is 1. The van der Waals surface area contributed by atoms with Gasteiger partial charge in [-0.3, -0.25) is 0 Å². The molecule has 0 amide bonds. The molecule has 0 N–H and O–H groups in total. The van der Waals surface area contributed by atoms with Crippen LogP contribution in [0.1, 0.15) is 5.56 Å². The standard InChI is InChI=1S/C12H14Br3NO3S/c1-8-4-11(15)12(5-10(8)14)20(17,18)16-2-3-19-9(6-13)7-16/h4-5,9H,2-3,6-7H2,1H3. The van der Waals surface area contributed by atoms with Gasteiger partial charge in [0.1, 0.15) is 0 Å². The van der Waals surface area contributed by atoms with E-state index in [-0.39, 0.29) is 11.0 Å². The van der Waals surface area contributed by atoms with Crippen molar-refractivity contribution in [2.75, 3.05) is 25.0 Å². The Hall–Kier alpha value is 0.530. The highest BCUT2D eigenvalue weighted by molar-refractivity contribution is 9.11. The lowest BCUT2D eigenvalue weighted by molar-refractivity contribution is 0.0136. The molecule has 1 aromatic rings. The van der Waals surface area contributed by atoms with Gasteiger partial charge in [-0.25, -0.2) is 8.42 Å². The fraction of sp³-hybridized carbons (Fsp3) is 0.500. The topological polar surface area (TPSA) is 46.6 Å². The first-order chi connectivity index (χ1) is 9.36. The number of halogens is 3. The maximum absolute atomic E-state index is 12.7. The number of sulfonamides is 1. The van der Waals surface area contributed by atoms with Gasteiger partial charge in [-0.1, -0.05) is 31.9 Å². The number of alkyl halides is 1. The maximum atomic E-state index is 12.7. The van der Waals surface area contributed by atoms with Gasteiger partial charge in [0.05, 0.1) is 17.6 Å². The molecule has 0 spiro atoms. The average molecular weight is 492 g/mol. The molecule has 0 bridgehead atoms. The van der Waals surface area contributed by atoms with Gasteiger partial charge in [0, 0.05) is 27.4 Å². The summed E-state index contributed by atoms with van der Waals surface area (Å²) in [6, 6.07) is 3.45. The van der Waals surface area contributed by atoms with Crippen molar-refractivity contribution in [3.05, 3.63) is 26.6 Å². The van der Waals surface area contributed by atoms with Crippen LogP contribution in [0.25, 0.3) is 0 Å². The van der Waals surface area contributed by atoms with Crippen LogP contribution >= 0.6 is 47.8 Å². The van der Waals surface area contributed by atoms with E-state index in [1.807, 2.05) is 6.92 Å². The molecule has 1 aliphatic heterocycles. The Morgan fingerprint density at radius 1 is 1.35 bits per heavy atom. The minimum Gasteiger partial charge on any atom is -0.375 e. The first-order valence-corrected chi connectivity index (χ1v) is 10.1. The number of benzene rings is 1. The molecule has 1 atom stereocenters. The first-order valence-electron chi connectivity index (χ1n) is 5.99. The second-order valence-corrected chi connectivity index (χ2v) is 8.80. The Balaban J connectivity index is 2.37. The highest BCUT2D eigenvalue weighted by Gasteiger charge is 2.32. The molecule has 112 valence electrons. The van der Waals surface area contributed by atoms with Gasteiger partial charge in [-0.15, -0.1) is 0 Å². The number of rotatable bonds is 3. The van der Waals surface area contributed by atoms with E-state index >= 15 is 0 Å². The summed E-state index contributed by atoms with van der Waals surface area (Å²) in [6.07, 6.45) is -0.105. The van der Waals surface area contributed by atoms with Gasteiger partial charge < -0.3 is 4.74 Å². The Labute approximate surface area is 144 Å². The van der Waals surface area contributed by atoms with E-state index in [4.69, 9.17) is 4.74 Å². The summed E-state index contributed by atoms with van der Waals surface area (Å²) < 4.78 is 33.8. The molecule has 1 unspecified atom stereocenters. The number of nitrogens with zero attached hydrogens (tertiary/aromatic N) is 1. The minimum absolute atomic E-state index is 0.105. The molecule has 0 aliphatic carbocycles. The van der Waals surface area contributed by atoms with E-state index in [1.54, 1.807) is 12.1 Å². The fourth-order valence-corrected chi connectivity index (χ4v) is 5.45. The van der Waals surface area contributed by atoms with Crippen LogP contribution in [0.15, 0.2) is 26.0 Å². The molecule has 1 aromatic carbocycles. The summed E-state index contributed by atoms with van der Waals surface area (Å²) in [6.45, 7) is 3.08. The van der Waals surface area contributed by atoms with E-state index < -0.39 is 10.0 Å². The number of hydrogen-bond acceptors (Lipinski definition) is 3. The van der Waals surface area contributed by atoms with Crippen molar-refractivity contribution in [2.45, 2.75) is 17.9 Å². The third kappa shape index (κ3) is 3.47. The third-order valence-corrected chi connectivity index (χ3v) is 7.50. The largest absolute Gasteiger partial charge is 0.375 e. The number of aryl methyl sites for hydroxylation is 1. The summed E-state index contributed by atoms with van der Waals surface area (Å²) >= 11 is 10.1. The van der Waals surface area contributed by atoms with Crippen molar-refractivity contribution in [1.29, 1.82) is 0 Å². The summed E-state index contributed by atoms with van der Waals surface area (Å²) in [5, 5.41) is 0.623. The highest BCUT2D eigenvalue weighted by Crippen LogP contribution is 2.31. The molecule has 0 saturated carbocycles. The van der Waals surface area contributed by atoms with Crippen LogP contribution in [-0.2, 0) is 14.8 Å². The van der Waals surface area contributed by atoms with Crippen molar-refractivity contribution in [3.63, 3.8) is 0 Å². The zero-order chi connectivity index (χ0) is 14.9. The van der Waals surface area contributed by atoms with Crippen molar-refractivity contribution in [2.24, 2.45) is 0 Å². The summed E-state index contributed by atoms with van der Waals surface area (Å²) in [5.74, 6) is 0. The average Bonchev–Trinajstić information content (AvgIpc) is 2.42. The van der Waals surface area contributed by atoms with Crippen LogP contribution < -0.4 is 0 Å². The SMILES string of the molecule is Cc1cc(Br)c(S(=O)(=O)N2CCOC(CBr)C2)cc1Br. The Morgan fingerprint density at radius 2 is 2.05 bits per heavy atom. The Morgan fingerprint density at radius 3 is 2.70 bits per heavy atom. The smallest absolute Gasteiger partial charge is 0.244 e. The van der Waals surface area contributed by atoms with Crippen LogP contribution in [0.3, 0.4) is 0 Å². The van der Waals surface area contributed by atoms with Crippen molar-refractivity contribution < 1.29 is 13.2 Å². The highest BCUT2D eigenvalue weighted by atomic mass is 79.9. The van der Waals surface area contributed by atoms with Crippen LogP contribution in [0.4, 0.5) is 0 Å².